The molecule has 2 N–H and O–H groups in total. The van der Waals surface area contributed by atoms with Crippen LogP contribution >= 0.6 is 0 Å². The van der Waals surface area contributed by atoms with Crippen LogP contribution in [0.2, 0.25) is 0 Å². The third-order valence-corrected chi connectivity index (χ3v) is 4.81. The van der Waals surface area contributed by atoms with Gasteiger partial charge < -0.3 is 19.3 Å². The maximum absolute atomic E-state index is 12.5. The van der Waals surface area contributed by atoms with Crippen LogP contribution in [0.1, 0.15) is 52.1 Å². The van der Waals surface area contributed by atoms with Crippen LogP contribution in [0, 0.1) is 0 Å². The van der Waals surface area contributed by atoms with Gasteiger partial charge in [-0.1, -0.05) is 31.2 Å². The highest BCUT2D eigenvalue weighted by molar-refractivity contribution is 5.95. The molecule has 8 heteroatoms. The van der Waals surface area contributed by atoms with Crippen LogP contribution in [-0.4, -0.2) is 36.4 Å². The van der Waals surface area contributed by atoms with Crippen molar-refractivity contribution in [3.63, 3.8) is 0 Å². The summed E-state index contributed by atoms with van der Waals surface area (Å²) >= 11 is 0. The number of nitrogens with one attached hydrogen (secondary N) is 1. The van der Waals surface area contributed by atoms with E-state index in [1.165, 1.54) is 18.3 Å². The number of hydrogen-bond donors (Lipinski definition) is 2. The molecule has 35 heavy (non-hydrogen) atoms. The number of aromatic carboxylic acids is 1. The third-order valence-electron chi connectivity index (χ3n) is 4.81. The molecule has 0 spiro atoms. The first-order valence-corrected chi connectivity index (χ1v) is 11.3. The largest absolute Gasteiger partial charge is 0.490 e. The van der Waals surface area contributed by atoms with Gasteiger partial charge in [-0.05, 0) is 66.9 Å². The average molecular weight is 477 g/mol. The van der Waals surface area contributed by atoms with E-state index in [2.05, 4.69) is 10.5 Å². The van der Waals surface area contributed by atoms with E-state index in [1.54, 1.807) is 42.5 Å². The number of amides is 1. The van der Waals surface area contributed by atoms with Gasteiger partial charge in [0.1, 0.15) is 12.4 Å². The summed E-state index contributed by atoms with van der Waals surface area (Å²) in [5.74, 6) is 0.390. The Balaban J connectivity index is 1.58. The monoisotopic (exact) mass is 476 g/mol. The maximum atomic E-state index is 12.5. The minimum Gasteiger partial charge on any atom is -0.490 e. The normalized spacial score (nSPS) is 10.7. The Kier molecular flexibility index (Phi) is 9.24. The second kappa shape index (κ2) is 12.8. The summed E-state index contributed by atoms with van der Waals surface area (Å²) in [7, 11) is 0. The quantitative estimate of drug-likeness (QED) is 0.284. The van der Waals surface area contributed by atoms with Crippen molar-refractivity contribution in [2.24, 2.45) is 5.10 Å². The molecule has 0 atom stereocenters. The zero-order valence-electron chi connectivity index (χ0n) is 19.7. The highest BCUT2D eigenvalue weighted by Gasteiger charge is 2.11. The molecule has 0 aliphatic rings. The van der Waals surface area contributed by atoms with Crippen molar-refractivity contribution < 1.29 is 28.9 Å². The van der Waals surface area contributed by atoms with E-state index < -0.39 is 5.97 Å². The van der Waals surface area contributed by atoms with E-state index >= 15 is 0 Å². The van der Waals surface area contributed by atoms with Crippen molar-refractivity contribution in [2.45, 2.75) is 26.9 Å². The molecule has 0 aliphatic heterocycles. The van der Waals surface area contributed by atoms with Gasteiger partial charge in [-0.15, -0.1) is 0 Å². The summed E-state index contributed by atoms with van der Waals surface area (Å²) in [6, 6.07) is 18.8. The lowest BCUT2D eigenvalue weighted by molar-refractivity contribution is 0.0696. The molecule has 3 aromatic carbocycles. The number of hydrogen-bond acceptors (Lipinski definition) is 6. The fourth-order valence-corrected chi connectivity index (χ4v) is 3.07. The zero-order valence-corrected chi connectivity index (χ0v) is 19.7. The van der Waals surface area contributed by atoms with Crippen molar-refractivity contribution >= 4 is 18.1 Å². The molecule has 0 fully saturated rings. The van der Waals surface area contributed by atoms with Crippen LogP contribution < -0.4 is 19.6 Å². The minimum atomic E-state index is -0.968. The lowest BCUT2D eigenvalue weighted by Crippen LogP contribution is -2.17. The number of hydrazone groups is 1. The lowest BCUT2D eigenvalue weighted by atomic mass is 10.1. The molecule has 0 bridgehead atoms. The first-order chi connectivity index (χ1) is 17.0. The van der Waals surface area contributed by atoms with Gasteiger partial charge in [0.15, 0.2) is 11.5 Å². The molecule has 0 saturated carbocycles. The highest BCUT2D eigenvalue weighted by Crippen LogP contribution is 2.28. The van der Waals surface area contributed by atoms with E-state index in [0.717, 1.165) is 17.5 Å². The molecule has 0 unspecified atom stereocenters. The van der Waals surface area contributed by atoms with Crippen LogP contribution in [0.3, 0.4) is 0 Å². The summed E-state index contributed by atoms with van der Waals surface area (Å²) in [5, 5.41) is 13.0. The average Bonchev–Trinajstić information content (AvgIpc) is 2.87. The fraction of sp³-hybridized carbons (Fsp3) is 0.222. The van der Waals surface area contributed by atoms with Gasteiger partial charge >= 0.3 is 5.97 Å². The molecule has 0 radical (unpaired) electrons. The van der Waals surface area contributed by atoms with E-state index in [9.17, 15) is 9.59 Å². The van der Waals surface area contributed by atoms with Gasteiger partial charge in [-0.25, -0.2) is 10.2 Å². The van der Waals surface area contributed by atoms with Gasteiger partial charge in [0.2, 0.25) is 0 Å². The molecular formula is C27H28N2O6. The van der Waals surface area contributed by atoms with Gasteiger partial charge in [0.25, 0.3) is 5.91 Å². The van der Waals surface area contributed by atoms with Crippen molar-refractivity contribution in [3.05, 3.63) is 89.0 Å². The smallest absolute Gasteiger partial charge is 0.335 e. The summed E-state index contributed by atoms with van der Waals surface area (Å²) in [4.78, 5) is 23.5. The van der Waals surface area contributed by atoms with Gasteiger partial charge in [-0.2, -0.15) is 5.10 Å². The molecule has 3 aromatic rings. The van der Waals surface area contributed by atoms with Crippen LogP contribution in [0.5, 0.6) is 17.2 Å². The standard InChI is InChI=1S/C27H28N2O6/c1-3-14-34-24-13-12-22(16-25(24)33-4-2)26(30)29-28-17-20-6-5-7-23(15-20)35-18-19-8-10-21(11-9-19)27(31)32/h5-13,15-17H,3-4,14,18H2,1-2H3,(H,29,30)(H,31,32)/b28-17+. The van der Waals surface area contributed by atoms with Gasteiger partial charge in [-0.3, -0.25) is 4.79 Å². The summed E-state index contributed by atoms with van der Waals surface area (Å²) < 4.78 is 17.0. The Morgan fingerprint density at radius 3 is 2.40 bits per heavy atom. The minimum absolute atomic E-state index is 0.226. The molecule has 0 aromatic heterocycles. The Morgan fingerprint density at radius 1 is 0.914 bits per heavy atom. The first kappa shape index (κ1) is 25.3. The Morgan fingerprint density at radius 2 is 1.69 bits per heavy atom. The van der Waals surface area contributed by atoms with E-state index in [4.69, 9.17) is 19.3 Å². The second-order valence-electron chi connectivity index (χ2n) is 7.51. The number of carbonyl (C=O) groups excluding carboxylic acids is 1. The lowest BCUT2D eigenvalue weighted by Gasteiger charge is -2.12. The van der Waals surface area contributed by atoms with E-state index in [-0.39, 0.29) is 18.1 Å². The summed E-state index contributed by atoms with van der Waals surface area (Å²) in [6.45, 7) is 5.20. The molecule has 182 valence electrons. The number of nitrogens with zero attached hydrogens (tertiary/aromatic N) is 1. The Bertz CT molecular complexity index is 1170. The number of carboxylic acid groups (broad SMARTS) is 1. The van der Waals surface area contributed by atoms with Crippen LogP contribution in [0.25, 0.3) is 0 Å². The predicted molar refractivity (Wildman–Crippen MR) is 133 cm³/mol. The van der Waals surface area contributed by atoms with Crippen molar-refractivity contribution in [1.82, 2.24) is 5.43 Å². The SMILES string of the molecule is CCCOc1ccc(C(=O)N/N=C/c2cccc(OCc3ccc(C(=O)O)cc3)c2)cc1OCC. The van der Waals surface area contributed by atoms with Crippen LogP contribution in [-0.2, 0) is 6.61 Å². The number of ether oxygens (including phenoxy) is 3. The van der Waals surface area contributed by atoms with Gasteiger partial charge in [0.05, 0.1) is 25.0 Å². The number of rotatable bonds is 12. The molecule has 0 aliphatic carbocycles. The van der Waals surface area contributed by atoms with Crippen molar-refractivity contribution in [3.8, 4) is 17.2 Å². The summed E-state index contributed by atoms with van der Waals surface area (Å²) in [6.07, 6.45) is 2.39. The van der Waals surface area contributed by atoms with Gasteiger partial charge in [0, 0.05) is 5.56 Å². The second-order valence-corrected chi connectivity index (χ2v) is 7.51. The molecule has 0 heterocycles. The van der Waals surface area contributed by atoms with Crippen molar-refractivity contribution in [1.29, 1.82) is 0 Å². The molecule has 8 nitrogen and oxygen atoms in total. The van der Waals surface area contributed by atoms with Crippen LogP contribution in [0.4, 0.5) is 0 Å². The fourth-order valence-electron chi connectivity index (χ4n) is 3.07. The molecule has 0 saturated heterocycles. The van der Waals surface area contributed by atoms with E-state index in [1.807, 2.05) is 26.0 Å². The Hall–Kier alpha value is -4.33. The number of carbonyl (C=O) groups is 2. The predicted octanol–water partition coefficient (Wildman–Crippen LogP) is 4.92. The first-order valence-electron chi connectivity index (χ1n) is 11.3. The summed E-state index contributed by atoms with van der Waals surface area (Å²) in [5.41, 5.74) is 4.73. The third kappa shape index (κ3) is 7.60. The molecular weight excluding hydrogens is 448 g/mol. The van der Waals surface area contributed by atoms with E-state index in [0.29, 0.717) is 36.0 Å². The molecule has 1 amide bonds. The zero-order chi connectivity index (χ0) is 25.0. The number of benzene rings is 3. The Labute approximate surface area is 204 Å². The highest BCUT2D eigenvalue weighted by atomic mass is 16.5. The topological polar surface area (TPSA) is 106 Å². The van der Waals surface area contributed by atoms with Crippen LogP contribution in [0.15, 0.2) is 71.8 Å². The maximum Gasteiger partial charge on any atom is 0.335 e. The van der Waals surface area contributed by atoms with Crippen molar-refractivity contribution in [2.75, 3.05) is 13.2 Å². The molecule has 3 rings (SSSR count). The number of carboxylic acids is 1.